The van der Waals surface area contributed by atoms with Crippen molar-refractivity contribution in [1.29, 1.82) is 0 Å². The Morgan fingerprint density at radius 2 is 1.91 bits per heavy atom. The Hall–Kier alpha value is -3.37. The molecule has 2 atom stereocenters. The average Bonchev–Trinajstić information content (AvgIpc) is 3.40. The zero-order valence-corrected chi connectivity index (χ0v) is 18.3. The van der Waals surface area contributed by atoms with Crippen LogP contribution in [0.5, 0.6) is 0 Å². The monoisotopic (exact) mass is 468 g/mol. The predicted molar refractivity (Wildman–Crippen MR) is 118 cm³/mol. The predicted octanol–water partition coefficient (Wildman–Crippen LogP) is 0.900. The highest BCUT2D eigenvalue weighted by Crippen LogP contribution is 2.30. The number of anilines is 1. The molecule has 2 saturated heterocycles. The van der Waals surface area contributed by atoms with Gasteiger partial charge in [0.1, 0.15) is 17.0 Å². The van der Waals surface area contributed by atoms with Crippen molar-refractivity contribution in [3.63, 3.8) is 0 Å². The molecule has 11 heteroatoms. The van der Waals surface area contributed by atoms with E-state index in [0.29, 0.717) is 12.4 Å². The summed E-state index contributed by atoms with van der Waals surface area (Å²) in [7, 11) is 0. The van der Waals surface area contributed by atoms with Crippen LogP contribution in [-0.4, -0.2) is 63.7 Å². The van der Waals surface area contributed by atoms with E-state index >= 15 is 0 Å². The normalized spacial score (nSPS) is 22.5. The van der Waals surface area contributed by atoms with Crippen LogP contribution >= 0.6 is 11.6 Å². The van der Waals surface area contributed by atoms with E-state index in [4.69, 9.17) is 11.6 Å². The van der Waals surface area contributed by atoms with Crippen LogP contribution in [0.25, 0.3) is 0 Å². The Morgan fingerprint density at radius 1 is 1.09 bits per heavy atom. The van der Waals surface area contributed by atoms with Crippen LogP contribution in [0.3, 0.4) is 0 Å². The number of carbonyl (C=O) groups is 4. The minimum absolute atomic E-state index is 0.0834. The van der Waals surface area contributed by atoms with E-state index in [2.05, 4.69) is 25.5 Å². The highest BCUT2D eigenvalue weighted by Gasteiger charge is 2.44. The van der Waals surface area contributed by atoms with Crippen LogP contribution in [0.4, 0.5) is 5.82 Å². The summed E-state index contributed by atoms with van der Waals surface area (Å²) < 4.78 is 0. The molecule has 0 saturated carbocycles. The van der Waals surface area contributed by atoms with Crippen LogP contribution in [0, 0.1) is 0 Å². The zero-order chi connectivity index (χ0) is 23.1. The molecule has 0 bridgehead atoms. The second-order valence-corrected chi connectivity index (χ2v) is 8.69. The summed E-state index contributed by atoms with van der Waals surface area (Å²) >= 11 is 6.06. The van der Waals surface area contributed by atoms with E-state index in [9.17, 15) is 19.2 Å². The number of rotatable bonds is 5. The number of amides is 4. The molecule has 3 aliphatic rings. The van der Waals surface area contributed by atoms with E-state index in [1.807, 2.05) is 0 Å². The van der Waals surface area contributed by atoms with Gasteiger partial charge in [0.15, 0.2) is 0 Å². The van der Waals surface area contributed by atoms with Crippen molar-refractivity contribution >= 4 is 41.0 Å². The standard InChI is InChI=1S/C22H21ClN6O4/c23-17-9-25-10-18(26-17)28(13-5-6-24-8-13)11-12-1-2-14-15(7-12)22(33)29(21(14)32)16-3-4-19(30)27-20(16)31/h1-2,7,9-10,13,16,24H,3-6,8,11H2,(H,27,30,31). The summed E-state index contributed by atoms with van der Waals surface area (Å²) in [5.74, 6) is -1.44. The van der Waals surface area contributed by atoms with Crippen molar-refractivity contribution in [2.24, 2.45) is 0 Å². The number of nitrogens with zero attached hydrogens (tertiary/aromatic N) is 4. The molecule has 170 valence electrons. The highest BCUT2D eigenvalue weighted by molar-refractivity contribution is 6.29. The van der Waals surface area contributed by atoms with Crippen LogP contribution in [0.15, 0.2) is 30.6 Å². The fourth-order valence-electron chi connectivity index (χ4n) is 4.59. The number of imide groups is 2. The number of benzene rings is 1. The maximum Gasteiger partial charge on any atom is 0.262 e. The Balaban J connectivity index is 1.42. The summed E-state index contributed by atoms with van der Waals surface area (Å²) in [5, 5.41) is 5.83. The number of fused-ring (bicyclic) bond motifs is 1. The Bertz CT molecular complexity index is 1170. The van der Waals surface area contributed by atoms with E-state index < -0.39 is 29.7 Å². The van der Waals surface area contributed by atoms with Gasteiger partial charge in [0.25, 0.3) is 11.8 Å². The molecule has 4 heterocycles. The van der Waals surface area contributed by atoms with Crippen LogP contribution in [0.1, 0.15) is 45.5 Å². The van der Waals surface area contributed by atoms with Gasteiger partial charge in [-0.1, -0.05) is 17.7 Å². The van der Waals surface area contributed by atoms with Gasteiger partial charge in [-0.05, 0) is 37.1 Å². The Morgan fingerprint density at radius 3 is 2.64 bits per heavy atom. The molecule has 1 aromatic heterocycles. The molecule has 0 aliphatic carbocycles. The summed E-state index contributed by atoms with van der Waals surface area (Å²) in [6.45, 7) is 2.10. The summed E-state index contributed by atoms with van der Waals surface area (Å²) in [6, 6.07) is 4.29. The van der Waals surface area contributed by atoms with Crippen molar-refractivity contribution in [2.45, 2.75) is 37.9 Å². The van der Waals surface area contributed by atoms with E-state index in [1.165, 1.54) is 6.20 Å². The van der Waals surface area contributed by atoms with E-state index in [1.54, 1.807) is 24.4 Å². The Labute approximate surface area is 194 Å². The maximum absolute atomic E-state index is 13.1. The summed E-state index contributed by atoms with van der Waals surface area (Å²) in [5.41, 5.74) is 1.32. The molecule has 2 N–H and O–H groups in total. The van der Waals surface area contributed by atoms with Gasteiger partial charge < -0.3 is 10.2 Å². The molecule has 2 aromatic rings. The van der Waals surface area contributed by atoms with Crippen LogP contribution in [0.2, 0.25) is 5.15 Å². The van der Waals surface area contributed by atoms with Crippen molar-refractivity contribution in [3.8, 4) is 0 Å². The van der Waals surface area contributed by atoms with Gasteiger partial charge in [-0.2, -0.15) is 0 Å². The first kappa shape index (κ1) is 21.5. The van der Waals surface area contributed by atoms with Gasteiger partial charge in [-0.15, -0.1) is 0 Å². The first-order valence-electron chi connectivity index (χ1n) is 10.7. The smallest absolute Gasteiger partial charge is 0.262 e. The highest BCUT2D eigenvalue weighted by atomic mass is 35.5. The minimum Gasteiger partial charge on any atom is -0.347 e. The quantitative estimate of drug-likeness (QED) is 0.620. The number of nitrogens with one attached hydrogen (secondary N) is 2. The number of carbonyl (C=O) groups excluding carboxylic acids is 4. The summed E-state index contributed by atoms with van der Waals surface area (Å²) in [4.78, 5) is 61.4. The van der Waals surface area contributed by atoms with Gasteiger partial charge >= 0.3 is 0 Å². The first-order chi connectivity index (χ1) is 15.9. The van der Waals surface area contributed by atoms with Crippen molar-refractivity contribution in [1.82, 2.24) is 25.5 Å². The molecular weight excluding hydrogens is 448 g/mol. The summed E-state index contributed by atoms with van der Waals surface area (Å²) in [6.07, 6.45) is 4.25. The average molecular weight is 469 g/mol. The number of halogens is 1. The van der Waals surface area contributed by atoms with E-state index in [0.717, 1.165) is 30.0 Å². The second kappa shape index (κ2) is 8.53. The van der Waals surface area contributed by atoms with Crippen molar-refractivity contribution in [3.05, 3.63) is 52.4 Å². The van der Waals surface area contributed by atoms with Gasteiger partial charge in [-0.3, -0.25) is 34.4 Å². The molecule has 10 nitrogen and oxygen atoms in total. The van der Waals surface area contributed by atoms with Crippen LogP contribution in [-0.2, 0) is 16.1 Å². The van der Waals surface area contributed by atoms with Gasteiger partial charge in [-0.25, -0.2) is 4.98 Å². The lowest BCUT2D eigenvalue weighted by molar-refractivity contribution is -0.136. The Kier molecular flexibility index (Phi) is 5.55. The molecule has 1 aromatic carbocycles. The maximum atomic E-state index is 13.1. The van der Waals surface area contributed by atoms with Crippen molar-refractivity contribution < 1.29 is 19.2 Å². The molecular formula is C22H21ClN6O4. The zero-order valence-electron chi connectivity index (χ0n) is 17.6. The largest absolute Gasteiger partial charge is 0.347 e. The first-order valence-corrected chi connectivity index (χ1v) is 11.1. The minimum atomic E-state index is -0.985. The number of piperidine rings is 1. The van der Waals surface area contributed by atoms with Gasteiger partial charge in [0.2, 0.25) is 11.8 Å². The fraction of sp³-hybridized carbons (Fsp3) is 0.364. The van der Waals surface area contributed by atoms with Gasteiger partial charge in [0.05, 0.1) is 23.5 Å². The number of aromatic nitrogens is 2. The molecule has 2 unspecified atom stereocenters. The third-order valence-corrected chi connectivity index (χ3v) is 6.40. The molecule has 4 amide bonds. The lowest BCUT2D eigenvalue weighted by Crippen LogP contribution is -2.54. The second-order valence-electron chi connectivity index (χ2n) is 8.30. The SMILES string of the molecule is O=C1CCC(N2C(=O)c3ccc(CN(c4cncc(Cl)n4)C4CCNC4)cc3C2=O)C(=O)N1. The third-order valence-electron chi connectivity index (χ3n) is 6.22. The lowest BCUT2D eigenvalue weighted by Gasteiger charge is -2.29. The third kappa shape index (κ3) is 3.96. The molecule has 0 radical (unpaired) electrons. The lowest BCUT2D eigenvalue weighted by atomic mass is 10.0. The molecule has 3 aliphatic heterocycles. The molecule has 0 spiro atoms. The topological polar surface area (TPSA) is 125 Å². The van der Waals surface area contributed by atoms with Crippen molar-refractivity contribution in [2.75, 3.05) is 18.0 Å². The number of hydrogen-bond acceptors (Lipinski definition) is 8. The molecule has 33 heavy (non-hydrogen) atoms. The number of hydrogen-bond donors (Lipinski definition) is 2. The van der Waals surface area contributed by atoms with Crippen LogP contribution < -0.4 is 15.5 Å². The van der Waals surface area contributed by atoms with Gasteiger partial charge in [0, 0.05) is 25.6 Å². The molecule has 5 rings (SSSR count). The molecule has 2 fully saturated rings. The van der Waals surface area contributed by atoms with E-state index in [-0.39, 0.29) is 35.2 Å². The fourth-order valence-corrected chi connectivity index (χ4v) is 4.73.